The zero-order valence-corrected chi connectivity index (χ0v) is 35.6. The maximum absolute atomic E-state index is 16.2. The molecule has 12 heteroatoms. The van der Waals surface area contributed by atoms with E-state index in [1.165, 1.54) is 0 Å². The van der Waals surface area contributed by atoms with Crippen molar-refractivity contribution in [1.82, 2.24) is 20.4 Å². The molecule has 1 saturated carbocycles. The van der Waals surface area contributed by atoms with Gasteiger partial charge in [-0.1, -0.05) is 90.2 Å². The van der Waals surface area contributed by atoms with Crippen LogP contribution in [0.25, 0.3) is 0 Å². The zero-order valence-electron chi connectivity index (χ0n) is 34.1. The van der Waals surface area contributed by atoms with Crippen LogP contribution in [0.3, 0.4) is 0 Å². The van der Waals surface area contributed by atoms with Crippen LogP contribution in [-0.2, 0) is 21.7 Å². The molecule has 6 aliphatic rings. The van der Waals surface area contributed by atoms with Crippen molar-refractivity contribution in [2.45, 2.75) is 100.0 Å². The van der Waals surface area contributed by atoms with Gasteiger partial charge in [0.05, 0.1) is 5.02 Å². The summed E-state index contributed by atoms with van der Waals surface area (Å²) < 4.78 is 16.2. The Bertz CT molecular complexity index is 2620. The molecule has 1 unspecified atom stereocenters. The Labute approximate surface area is 370 Å². The number of ketones is 1. The van der Waals surface area contributed by atoms with E-state index in [0.29, 0.717) is 84.1 Å². The van der Waals surface area contributed by atoms with Gasteiger partial charge in [0.15, 0.2) is 5.78 Å². The van der Waals surface area contributed by atoms with Crippen LogP contribution in [0.4, 0.5) is 10.1 Å². The lowest BCUT2D eigenvalue weighted by Gasteiger charge is -2.41. The van der Waals surface area contributed by atoms with Crippen molar-refractivity contribution in [3.63, 3.8) is 0 Å². The van der Waals surface area contributed by atoms with Crippen LogP contribution in [0.5, 0.6) is 0 Å². The number of unbranched alkanes of at least 4 members (excludes halogenated alkanes) is 2. The van der Waals surface area contributed by atoms with Crippen LogP contribution in [0.1, 0.15) is 118 Å². The van der Waals surface area contributed by atoms with E-state index < -0.39 is 23.3 Å². The van der Waals surface area contributed by atoms with Crippen molar-refractivity contribution in [1.29, 1.82) is 0 Å². The molecule has 1 spiro atoms. The molecular weight excluding hydrogens is 824 g/mol. The van der Waals surface area contributed by atoms with E-state index in [2.05, 4.69) is 39.3 Å². The molecule has 3 amide bonds. The van der Waals surface area contributed by atoms with Gasteiger partial charge in [0.25, 0.3) is 5.91 Å². The van der Waals surface area contributed by atoms with Gasteiger partial charge in [-0.25, -0.2) is 4.39 Å². The quantitative estimate of drug-likeness (QED) is 0.0836. The molecule has 4 aromatic rings. The standard InChI is InChI=1S/C50H46Cl2FN5O4/c1-28-14-23-41(47(60)54-28)57-27-36-30(9-6-10-34(36)48(57)61)8-4-2-3-5-13-43(59)32-19-17-31(18-20-32)39-25-42-46(55-39)44(35-11-7-12-38(52)45(35)53)50(58(42)26-29-15-16-29)37-22-21-33(51)24-40(37)56-49(50)62/h6-7,9-12,17-22,24,29,39,41-42,44,46,55H,1-3,5,13-16,23,25-27H2,(H,54,60)(H,56,62)/t39-,41?,42+,44+,46-,50-/m1/s1. The molecule has 5 heterocycles. The summed E-state index contributed by atoms with van der Waals surface area (Å²) >= 11 is 12.8. The summed E-state index contributed by atoms with van der Waals surface area (Å²) in [6, 6.07) is 22.9. The number of hydrogen-bond acceptors (Lipinski definition) is 6. The van der Waals surface area contributed by atoms with E-state index in [4.69, 9.17) is 23.2 Å². The highest BCUT2D eigenvalue weighted by Crippen LogP contribution is 2.61. The van der Waals surface area contributed by atoms with Crippen LogP contribution in [0, 0.1) is 23.6 Å². The van der Waals surface area contributed by atoms with Gasteiger partial charge < -0.3 is 20.9 Å². The van der Waals surface area contributed by atoms with Crippen LogP contribution in [-0.4, -0.2) is 58.0 Å². The number of fused-ring (bicyclic) bond motifs is 4. The maximum Gasteiger partial charge on any atom is 0.255 e. The number of nitrogens with one attached hydrogen (secondary N) is 3. The summed E-state index contributed by atoms with van der Waals surface area (Å²) in [7, 11) is 0. The molecule has 0 bridgehead atoms. The second kappa shape index (κ2) is 16.1. The number of allylic oxidation sites excluding steroid dienone is 1. The summed E-state index contributed by atoms with van der Waals surface area (Å²) in [5.74, 6) is 5.40. The second-order valence-corrected chi connectivity index (χ2v) is 18.5. The van der Waals surface area contributed by atoms with Gasteiger partial charge in [-0.15, -0.1) is 0 Å². The molecule has 5 aliphatic heterocycles. The van der Waals surface area contributed by atoms with E-state index in [-0.39, 0.29) is 46.7 Å². The average Bonchev–Trinajstić information content (AvgIpc) is 3.66. The minimum absolute atomic E-state index is 0.0219. The van der Waals surface area contributed by atoms with Crippen molar-refractivity contribution < 1.29 is 23.6 Å². The number of hydrogen-bond donors (Lipinski definition) is 3. The van der Waals surface area contributed by atoms with E-state index in [9.17, 15) is 19.2 Å². The van der Waals surface area contributed by atoms with Gasteiger partial charge in [-0.3, -0.25) is 24.1 Å². The first-order valence-electron chi connectivity index (χ1n) is 21.6. The molecule has 9 nitrogen and oxygen atoms in total. The highest BCUT2D eigenvalue weighted by Gasteiger charge is 2.69. The molecule has 316 valence electrons. The Balaban J connectivity index is 0.802. The third kappa shape index (κ3) is 6.94. The first-order chi connectivity index (χ1) is 30.0. The molecule has 6 atom stereocenters. The fraction of sp³-hybridized carbons (Fsp3) is 0.360. The Morgan fingerprint density at radius 3 is 2.55 bits per heavy atom. The smallest absolute Gasteiger partial charge is 0.255 e. The maximum atomic E-state index is 16.2. The molecule has 0 aromatic heterocycles. The number of carbonyl (C=O) groups is 4. The van der Waals surface area contributed by atoms with Crippen LogP contribution < -0.4 is 16.0 Å². The van der Waals surface area contributed by atoms with Gasteiger partial charge in [0.1, 0.15) is 17.4 Å². The number of piperidine rings is 1. The summed E-state index contributed by atoms with van der Waals surface area (Å²) in [6.45, 7) is 4.91. The highest BCUT2D eigenvalue weighted by molar-refractivity contribution is 6.31. The first kappa shape index (κ1) is 40.7. The highest BCUT2D eigenvalue weighted by atomic mass is 35.5. The van der Waals surface area contributed by atoms with Crippen molar-refractivity contribution in [2.75, 3.05) is 11.9 Å². The lowest BCUT2D eigenvalue weighted by Crippen LogP contribution is -2.53. The Morgan fingerprint density at radius 2 is 1.76 bits per heavy atom. The molecule has 62 heavy (non-hydrogen) atoms. The monoisotopic (exact) mass is 869 g/mol. The van der Waals surface area contributed by atoms with E-state index in [1.54, 1.807) is 41.3 Å². The molecule has 0 radical (unpaired) electrons. The topological polar surface area (TPSA) is 111 Å². The number of carbonyl (C=O) groups excluding carboxylic acids is 4. The molecule has 4 aromatic carbocycles. The molecule has 3 saturated heterocycles. The summed E-state index contributed by atoms with van der Waals surface area (Å²) in [6.07, 6.45) is 6.52. The Kier molecular flexibility index (Phi) is 10.6. The summed E-state index contributed by atoms with van der Waals surface area (Å²) in [5, 5.41) is 10.3. The number of amides is 3. The van der Waals surface area contributed by atoms with Gasteiger partial charge in [-0.05, 0) is 97.9 Å². The van der Waals surface area contributed by atoms with Crippen LogP contribution in [0.2, 0.25) is 10.0 Å². The number of nitrogens with zero attached hydrogens (tertiary/aromatic N) is 2. The predicted molar refractivity (Wildman–Crippen MR) is 236 cm³/mol. The van der Waals surface area contributed by atoms with Crippen molar-refractivity contribution in [3.8, 4) is 11.8 Å². The number of likely N-dealkylation sites (tertiary alicyclic amines) is 1. The fourth-order valence-corrected chi connectivity index (χ4v) is 11.1. The van der Waals surface area contributed by atoms with Crippen LogP contribution in [0.15, 0.2) is 91.1 Å². The van der Waals surface area contributed by atoms with Crippen molar-refractivity contribution in [3.05, 3.63) is 146 Å². The average molecular weight is 871 g/mol. The molecule has 3 N–H and O–H groups in total. The lowest BCUT2D eigenvalue weighted by molar-refractivity contribution is -0.128. The third-order valence-corrected chi connectivity index (χ3v) is 14.4. The number of benzene rings is 4. The van der Waals surface area contributed by atoms with Crippen LogP contribution >= 0.6 is 23.2 Å². The van der Waals surface area contributed by atoms with Gasteiger partial charge in [0, 0.05) is 88.6 Å². The van der Waals surface area contributed by atoms with E-state index >= 15 is 4.39 Å². The van der Waals surface area contributed by atoms with E-state index in [1.807, 2.05) is 42.5 Å². The Hall–Kier alpha value is -5.31. The van der Waals surface area contributed by atoms with Gasteiger partial charge >= 0.3 is 0 Å². The Morgan fingerprint density at radius 1 is 0.952 bits per heavy atom. The van der Waals surface area contributed by atoms with Crippen molar-refractivity contribution >= 4 is 52.4 Å². The van der Waals surface area contributed by atoms with Crippen molar-refractivity contribution in [2.24, 2.45) is 5.92 Å². The summed E-state index contributed by atoms with van der Waals surface area (Å²) in [4.78, 5) is 57.7. The number of halogens is 3. The largest absolute Gasteiger partial charge is 0.329 e. The summed E-state index contributed by atoms with van der Waals surface area (Å²) in [5.41, 5.74) is 5.31. The third-order valence-electron chi connectivity index (χ3n) is 13.9. The molecule has 1 aliphatic carbocycles. The number of anilines is 1. The first-order valence-corrected chi connectivity index (χ1v) is 22.4. The predicted octanol–water partition coefficient (Wildman–Crippen LogP) is 8.80. The fourth-order valence-electron chi connectivity index (χ4n) is 10.8. The van der Waals surface area contributed by atoms with E-state index in [0.717, 1.165) is 48.1 Å². The zero-order chi connectivity index (χ0) is 42.9. The lowest BCUT2D eigenvalue weighted by atomic mass is 9.73. The molecular formula is C50H46Cl2FN5O4. The number of Topliss-reactive ketones (excluding diaryl/α,β-unsaturated/α-hetero) is 1. The molecule has 4 fully saturated rings. The SMILES string of the molecule is C=C1CCC(N2Cc3c(C#CCCCCC(=O)c4ccc([C@H]5C[C@H]6[C@@H](N5)[C@H](c5cccc(Cl)c5F)[C@]5(C(=O)Nc7cc(Cl)ccc75)N6CC5CC5)cc4)cccc3C2=O)C(=O)N1. The minimum atomic E-state index is -1.15. The number of rotatable bonds is 10. The molecule has 10 rings (SSSR count). The normalized spacial score (nSPS) is 26.2. The van der Waals surface area contributed by atoms with Gasteiger partial charge in [-0.2, -0.15) is 0 Å². The second-order valence-electron chi connectivity index (χ2n) is 17.6. The van der Waals surface area contributed by atoms with Gasteiger partial charge in [0.2, 0.25) is 11.8 Å². The minimum Gasteiger partial charge on any atom is -0.329 e.